The number of benzene rings is 1. The molecular formula is C11H13ClFNO3. The van der Waals surface area contributed by atoms with Crippen LogP contribution in [0.5, 0.6) is 11.5 Å². The first-order chi connectivity index (χ1) is 8.06. The fourth-order valence-electron chi connectivity index (χ4n) is 1.44. The Bertz CT molecular complexity index is 437. The summed E-state index contributed by atoms with van der Waals surface area (Å²) in [7, 11) is 2.55. The van der Waals surface area contributed by atoms with E-state index >= 15 is 0 Å². The van der Waals surface area contributed by atoms with Gasteiger partial charge in [0.1, 0.15) is 0 Å². The number of ketones is 1. The second-order valence-corrected chi connectivity index (χ2v) is 3.66. The maximum atomic E-state index is 13.9. The quantitative estimate of drug-likeness (QED) is 0.824. The fourth-order valence-corrected chi connectivity index (χ4v) is 1.71. The molecule has 0 atom stereocenters. The Morgan fingerprint density at radius 1 is 1.41 bits per heavy atom. The molecule has 0 aliphatic carbocycles. The molecule has 17 heavy (non-hydrogen) atoms. The van der Waals surface area contributed by atoms with Gasteiger partial charge in [0, 0.05) is 6.42 Å². The minimum absolute atomic E-state index is 0.0196. The molecule has 2 N–H and O–H groups in total. The minimum Gasteiger partial charge on any atom is -0.493 e. The summed E-state index contributed by atoms with van der Waals surface area (Å²) in [5.41, 5.74) is 5.35. The lowest BCUT2D eigenvalue weighted by atomic mass is 10.1. The third-order valence-electron chi connectivity index (χ3n) is 2.21. The summed E-state index contributed by atoms with van der Waals surface area (Å²) in [6.07, 6.45) is 0.0957. The van der Waals surface area contributed by atoms with Gasteiger partial charge in [0.05, 0.1) is 24.8 Å². The monoisotopic (exact) mass is 261 g/mol. The molecule has 0 aliphatic rings. The average molecular weight is 262 g/mol. The van der Waals surface area contributed by atoms with Crippen molar-refractivity contribution in [1.29, 1.82) is 0 Å². The Morgan fingerprint density at radius 2 is 2.00 bits per heavy atom. The van der Waals surface area contributed by atoms with Crippen molar-refractivity contribution in [3.8, 4) is 11.5 Å². The molecule has 0 radical (unpaired) electrons. The van der Waals surface area contributed by atoms with Crippen molar-refractivity contribution < 1.29 is 18.7 Å². The molecule has 0 spiro atoms. The number of hydrogen-bond acceptors (Lipinski definition) is 4. The highest BCUT2D eigenvalue weighted by Crippen LogP contribution is 2.37. The summed E-state index contributed by atoms with van der Waals surface area (Å²) in [4.78, 5) is 11.7. The van der Waals surface area contributed by atoms with E-state index in [0.717, 1.165) is 0 Å². The molecule has 0 heterocycles. The number of ether oxygens (including phenoxy) is 2. The summed E-state index contributed by atoms with van der Waals surface area (Å²) < 4.78 is 23.5. The Balaban J connectivity index is 3.36. The second kappa shape index (κ2) is 5.84. The van der Waals surface area contributed by atoms with Crippen LogP contribution in [0.2, 0.25) is 5.02 Å². The van der Waals surface area contributed by atoms with Crippen LogP contribution in [0, 0.1) is 5.82 Å². The molecule has 4 nitrogen and oxygen atoms in total. The highest BCUT2D eigenvalue weighted by molar-refractivity contribution is 6.32. The lowest BCUT2D eigenvalue weighted by molar-refractivity contribution is 0.0981. The van der Waals surface area contributed by atoms with E-state index in [-0.39, 0.29) is 40.8 Å². The largest absolute Gasteiger partial charge is 0.493 e. The first-order valence-electron chi connectivity index (χ1n) is 4.90. The van der Waals surface area contributed by atoms with Gasteiger partial charge in [0.25, 0.3) is 0 Å². The zero-order chi connectivity index (χ0) is 13.0. The van der Waals surface area contributed by atoms with E-state index in [2.05, 4.69) is 0 Å². The number of halogens is 2. The van der Waals surface area contributed by atoms with Crippen molar-refractivity contribution >= 4 is 17.4 Å². The molecule has 6 heteroatoms. The molecule has 0 bridgehead atoms. The SMILES string of the molecule is COc1c(Cl)cc(C(=O)CCN)c(OC)c1F. The zero-order valence-corrected chi connectivity index (χ0v) is 10.3. The van der Waals surface area contributed by atoms with E-state index in [1.807, 2.05) is 0 Å². The van der Waals surface area contributed by atoms with Crippen molar-refractivity contribution in [1.82, 2.24) is 0 Å². The number of nitrogens with two attached hydrogens (primary N) is 1. The highest BCUT2D eigenvalue weighted by Gasteiger charge is 2.22. The summed E-state index contributed by atoms with van der Waals surface area (Å²) >= 11 is 5.80. The van der Waals surface area contributed by atoms with Gasteiger partial charge in [-0.25, -0.2) is 0 Å². The predicted molar refractivity (Wildman–Crippen MR) is 62.5 cm³/mol. The van der Waals surface area contributed by atoms with Gasteiger partial charge < -0.3 is 15.2 Å². The Labute approximate surface area is 103 Å². The van der Waals surface area contributed by atoms with Crippen LogP contribution in [-0.4, -0.2) is 26.5 Å². The van der Waals surface area contributed by atoms with Crippen LogP contribution in [0.1, 0.15) is 16.8 Å². The Hall–Kier alpha value is -1.33. The van der Waals surface area contributed by atoms with Gasteiger partial charge in [-0.15, -0.1) is 0 Å². The van der Waals surface area contributed by atoms with E-state index < -0.39 is 5.82 Å². The minimum atomic E-state index is -0.789. The smallest absolute Gasteiger partial charge is 0.209 e. The predicted octanol–water partition coefficient (Wildman–Crippen LogP) is 2.03. The van der Waals surface area contributed by atoms with Gasteiger partial charge in [-0.3, -0.25) is 4.79 Å². The summed E-state index contributed by atoms with van der Waals surface area (Å²) in [6, 6.07) is 1.32. The molecule has 0 amide bonds. The molecule has 0 fully saturated rings. The van der Waals surface area contributed by atoms with Crippen molar-refractivity contribution in [2.75, 3.05) is 20.8 Å². The van der Waals surface area contributed by atoms with E-state index in [0.29, 0.717) is 0 Å². The van der Waals surface area contributed by atoms with Crippen molar-refractivity contribution in [2.24, 2.45) is 5.73 Å². The van der Waals surface area contributed by atoms with Crippen LogP contribution in [0.4, 0.5) is 4.39 Å². The summed E-state index contributed by atoms with van der Waals surface area (Å²) in [6.45, 7) is 0.174. The summed E-state index contributed by atoms with van der Waals surface area (Å²) in [5.74, 6) is -1.44. The van der Waals surface area contributed by atoms with E-state index in [9.17, 15) is 9.18 Å². The van der Waals surface area contributed by atoms with E-state index in [1.54, 1.807) is 0 Å². The van der Waals surface area contributed by atoms with Crippen LogP contribution >= 0.6 is 11.6 Å². The van der Waals surface area contributed by atoms with Crippen LogP contribution in [0.3, 0.4) is 0 Å². The normalized spacial score (nSPS) is 10.2. The van der Waals surface area contributed by atoms with Crippen molar-refractivity contribution in [2.45, 2.75) is 6.42 Å². The molecule has 0 saturated heterocycles. The number of rotatable bonds is 5. The molecule has 0 unspecified atom stereocenters. The molecule has 0 saturated carbocycles. The molecular weight excluding hydrogens is 249 g/mol. The fraction of sp³-hybridized carbons (Fsp3) is 0.364. The number of carbonyl (C=O) groups is 1. The molecule has 94 valence electrons. The molecule has 0 aliphatic heterocycles. The average Bonchev–Trinajstić information content (AvgIpc) is 2.29. The first-order valence-corrected chi connectivity index (χ1v) is 5.27. The standard InChI is InChI=1S/C11H13ClFNO3/c1-16-10-6(8(15)3-4-14)5-7(12)11(17-2)9(10)13/h5H,3-4,14H2,1-2H3. The number of hydrogen-bond donors (Lipinski definition) is 1. The molecule has 1 aromatic carbocycles. The number of carbonyl (C=O) groups excluding carboxylic acids is 1. The van der Waals surface area contributed by atoms with Gasteiger partial charge >= 0.3 is 0 Å². The molecule has 0 aromatic heterocycles. The van der Waals surface area contributed by atoms with Gasteiger partial charge in [-0.2, -0.15) is 4.39 Å². The topological polar surface area (TPSA) is 61.5 Å². The van der Waals surface area contributed by atoms with Gasteiger partial charge in [-0.1, -0.05) is 11.6 Å². The lowest BCUT2D eigenvalue weighted by Crippen LogP contribution is -2.10. The van der Waals surface area contributed by atoms with Gasteiger partial charge in [-0.05, 0) is 12.6 Å². The van der Waals surface area contributed by atoms with Gasteiger partial charge in [0.2, 0.25) is 5.82 Å². The molecule has 1 aromatic rings. The Morgan fingerprint density at radius 3 is 2.47 bits per heavy atom. The van der Waals surface area contributed by atoms with Crippen LogP contribution < -0.4 is 15.2 Å². The van der Waals surface area contributed by atoms with Crippen LogP contribution in [-0.2, 0) is 0 Å². The number of Topliss-reactive ketones (excluding diaryl/α,β-unsaturated/α-hetero) is 1. The maximum Gasteiger partial charge on any atom is 0.209 e. The van der Waals surface area contributed by atoms with Crippen molar-refractivity contribution in [3.63, 3.8) is 0 Å². The zero-order valence-electron chi connectivity index (χ0n) is 9.55. The van der Waals surface area contributed by atoms with E-state index in [4.69, 9.17) is 26.8 Å². The van der Waals surface area contributed by atoms with E-state index in [1.165, 1.54) is 20.3 Å². The highest BCUT2D eigenvalue weighted by atomic mass is 35.5. The first kappa shape index (κ1) is 13.7. The lowest BCUT2D eigenvalue weighted by Gasteiger charge is -2.12. The third-order valence-corrected chi connectivity index (χ3v) is 2.49. The van der Waals surface area contributed by atoms with Crippen LogP contribution in [0.25, 0.3) is 0 Å². The second-order valence-electron chi connectivity index (χ2n) is 3.25. The van der Waals surface area contributed by atoms with Crippen molar-refractivity contribution in [3.05, 3.63) is 22.5 Å². The summed E-state index contributed by atoms with van der Waals surface area (Å²) in [5, 5.41) is 0.0196. The van der Waals surface area contributed by atoms with Gasteiger partial charge in [0.15, 0.2) is 17.3 Å². The maximum absolute atomic E-state index is 13.9. The Kier molecular flexibility index (Phi) is 4.72. The number of methoxy groups -OCH3 is 2. The molecule has 1 rings (SSSR count). The van der Waals surface area contributed by atoms with Crippen LogP contribution in [0.15, 0.2) is 6.07 Å². The third kappa shape index (κ3) is 2.68.